The number of alkyl halides is 3. The van der Waals surface area contributed by atoms with Gasteiger partial charge in [-0.15, -0.1) is 0 Å². The van der Waals surface area contributed by atoms with Crippen LogP contribution in [0.15, 0.2) is 0 Å². The van der Waals surface area contributed by atoms with Gasteiger partial charge < -0.3 is 4.23 Å². The van der Waals surface area contributed by atoms with Crippen LogP contribution in [0.2, 0.25) is 56.9 Å². The van der Waals surface area contributed by atoms with Crippen molar-refractivity contribution in [2.45, 2.75) is 96.2 Å². The van der Waals surface area contributed by atoms with E-state index in [1.54, 1.807) is 39.3 Å². The van der Waals surface area contributed by atoms with E-state index in [0.717, 1.165) is 4.23 Å². The van der Waals surface area contributed by atoms with Gasteiger partial charge >= 0.3 is 12.1 Å². The highest BCUT2D eigenvalue weighted by atomic mass is 35.6. The Kier molecular flexibility index (Phi) is 8.13. The molecule has 1 unspecified atom stereocenters. The number of hydrogen-bond donors (Lipinski definition) is 0. The average Bonchev–Trinajstić information content (AvgIpc) is 2.29. The predicted octanol–water partition coefficient (Wildman–Crippen LogP) is 6.81. The minimum absolute atomic E-state index is 0.479. The Labute approximate surface area is 159 Å². The highest BCUT2D eigenvalue weighted by Gasteiger charge is 2.50. The maximum atomic E-state index is 12.4. The first-order valence-corrected chi connectivity index (χ1v) is 19.5. The minimum atomic E-state index is -4.75. The lowest BCUT2D eigenvalue weighted by Gasteiger charge is -2.43. The summed E-state index contributed by atoms with van der Waals surface area (Å²) in [5.74, 6) is -1.67. The SMILES string of the molecule is CC1(C)CCCC[Si]1(C)Cl.C[Si](C)(C)N(C(=O)C(F)(F)F)[Si](C)(C)C. The molecular formula is C16H35ClF3NOSi3. The van der Waals surface area contributed by atoms with Gasteiger partial charge in [0.15, 0.2) is 7.38 Å². The van der Waals surface area contributed by atoms with Crippen molar-refractivity contribution in [3.8, 4) is 0 Å². The van der Waals surface area contributed by atoms with E-state index in [2.05, 4.69) is 20.4 Å². The second-order valence-electron chi connectivity index (χ2n) is 9.77. The summed E-state index contributed by atoms with van der Waals surface area (Å²) in [7, 11) is -5.88. The fraction of sp³-hybridized carbons (Fsp3) is 0.938. The van der Waals surface area contributed by atoms with Crippen molar-refractivity contribution in [2.75, 3.05) is 0 Å². The third kappa shape index (κ3) is 7.38. The van der Waals surface area contributed by atoms with Gasteiger partial charge in [-0.05, 0) is 17.5 Å². The van der Waals surface area contributed by atoms with Gasteiger partial charge in [0.05, 0.1) is 0 Å². The standard InChI is InChI=1S/C8H17ClSi.C8H18F3NOSi2/c1-8(2)6-4-5-7-10(8,3)9;1-14(2,3)12(15(4,5)6)7(13)8(9,10)11/h4-7H2,1-3H3;1-6H3. The first kappa shape index (κ1) is 25.2. The molecule has 0 saturated carbocycles. The molecule has 150 valence electrons. The van der Waals surface area contributed by atoms with Crippen LogP contribution in [0.1, 0.15) is 33.1 Å². The smallest absolute Gasteiger partial charge is 0.388 e. The van der Waals surface area contributed by atoms with Gasteiger partial charge in [-0.2, -0.15) is 24.3 Å². The Bertz CT molecular complexity index is 439. The lowest BCUT2D eigenvalue weighted by atomic mass is 10.1. The number of amides is 1. The summed E-state index contributed by atoms with van der Waals surface area (Å²) in [4.78, 5) is 11.3. The quantitative estimate of drug-likeness (QED) is 0.345. The van der Waals surface area contributed by atoms with Gasteiger partial charge in [-0.25, -0.2) is 0 Å². The molecule has 25 heavy (non-hydrogen) atoms. The number of nitrogens with zero attached hydrogens (tertiary/aromatic N) is 1. The van der Waals surface area contributed by atoms with E-state index in [9.17, 15) is 18.0 Å². The third-order valence-corrected chi connectivity index (χ3v) is 18.5. The van der Waals surface area contributed by atoms with Crippen LogP contribution in [0.4, 0.5) is 13.2 Å². The fourth-order valence-corrected chi connectivity index (χ4v) is 15.9. The zero-order valence-corrected chi connectivity index (χ0v) is 21.0. The number of carbonyl (C=O) groups excluding carboxylic acids is 1. The summed E-state index contributed by atoms with van der Waals surface area (Å²) in [5.41, 5.74) is 0. The Hall–Kier alpha value is 0.201. The normalized spacial score (nSPS) is 24.2. The van der Waals surface area contributed by atoms with Crippen molar-refractivity contribution in [3.63, 3.8) is 0 Å². The maximum absolute atomic E-state index is 12.4. The monoisotopic (exact) mass is 433 g/mol. The molecule has 1 aliphatic heterocycles. The number of rotatable bonds is 2. The molecule has 0 aromatic rings. The van der Waals surface area contributed by atoms with E-state index >= 15 is 0 Å². The molecule has 9 heteroatoms. The van der Waals surface area contributed by atoms with Gasteiger partial charge in [0.1, 0.15) is 16.5 Å². The topological polar surface area (TPSA) is 20.3 Å². The maximum Gasteiger partial charge on any atom is 0.469 e. The van der Waals surface area contributed by atoms with E-state index in [4.69, 9.17) is 11.1 Å². The summed E-state index contributed by atoms with van der Waals surface area (Å²) in [6.45, 7) is 17.5. The zero-order chi connectivity index (χ0) is 20.5. The number of hydrogen-bond acceptors (Lipinski definition) is 1. The van der Waals surface area contributed by atoms with E-state index in [1.165, 1.54) is 25.3 Å². The summed E-state index contributed by atoms with van der Waals surface area (Å²) in [6, 6.07) is 1.32. The molecular weight excluding hydrogens is 399 g/mol. The first-order valence-electron chi connectivity index (χ1n) is 8.84. The molecule has 1 aliphatic rings. The van der Waals surface area contributed by atoms with Crippen molar-refractivity contribution in [1.29, 1.82) is 0 Å². The van der Waals surface area contributed by atoms with Gasteiger partial charge in [-0.1, -0.05) is 72.5 Å². The van der Waals surface area contributed by atoms with E-state index in [1.807, 2.05) is 0 Å². The van der Waals surface area contributed by atoms with Gasteiger partial charge in [0.2, 0.25) is 0 Å². The van der Waals surface area contributed by atoms with Crippen molar-refractivity contribution in [1.82, 2.24) is 4.23 Å². The zero-order valence-electron chi connectivity index (χ0n) is 17.2. The fourth-order valence-electron chi connectivity index (χ4n) is 3.37. The van der Waals surface area contributed by atoms with Crippen LogP contribution in [0, 0.1) is 0 Å². The van der Waals surface area contributed by atoms with Gasteiger partial charge in [-0.3, -0.25) is 4.79 Å². The molecule has 1 atom stereocenters. The molecule has 0 aromatic carbocycles. The van der Waals surface area contributed by atoms with Crippen molar-refractivity contribution >= 4 is 40.8 Å². The first-order chi connectivity index (χ1) is 10.7. The average molecular weight is 434 g/mol. The van der Waals surface area contributed by atoms with Crippen molar-refractivity contribution in [2.24, 2.45) is 0 Å². The molecule has 2 nitrogen and oxygen atoms in total. The molecule has 0 spiro atoms. The molecule has 0 aliphatic carbocycles. The van der Waals surface area contributed by atoms with Crippen LogP contribution in [0.5, 0.6) is 0 Å². The summed E-state index contributed by atoms with van der Waals surface area (Å²) in [6.07, 6.45) is -0.641. The van der Waals surface area contributed by atoms with Crippen LogP contribution < -0.4 is 0 Å². The molecule has 1 heterocycles. The van der Waals surface area contributed by atoms with E-state index in [0.29, 0.717) is 5.04 Å². The summed E-state index contributed by atoms with van der Waals surface area (Å²) < 4.78 is 38.4. The molecule has 0 N–H and O–H groups in total. The van der Waals surface area contributed by atoms with E-state index in [-0.39, 0.29) is 0 Å². The highest BCUT2D eigenvalue weighted by Crippen LogP contribution is 2.50. The summed E-state index contributed by atoms with van der Waals surface area (Å²) in [5, 5.41) is 0.479. The second-order valence-corrected chi connectivity index (χ2v) is 26.5. The Balaban J connectivity index is 0.000000496. The lowest BCUT2D eigenvalue weighted by Crippen LogP contribution is -2.64. The minimum Gasteiger partial charge on any atom is -0.388 e. The van der Waals surface area contributed by atoms with Crippen molar-refractivity contribution in [3.05, 3.63) is 0 Å². The van der Waals surface area contributed by atoms with Crippen LogP contribution >= 0.6 is 11.1 Å². The second kappa shape index (κ2) is 8.06. The van der Waals surface area contributed by atoms with Crippen LogP contribution in [-0.2, 0) is 4.79 Å². The Morgan fingerprint density at radius 2 is 1.44 bits per heavy atom. The van der Waals surface area contributed by atoms with Crippen molar-refractivity contribution < 1.29 is 18.0 Å². The van der Waals surface area contributed by atoms with Crippen LogP contribution in [-0.4, -0.2) is 40.2 Å². The van der Waals surface area contributed by atoms with E-state index < -0.39 is 35.9 Å². The van der Waals surface area contributed by atoms with Gasteiger partial charge in [0, 0.05) is 0 Å². The molecule has 1 saturated heterocycles. The molecule has 1 amide bonds. The molecule has 0 aromatic heterocycles. The largest absolute Gasteiger partial charge is 0.469 e. The van der Waals surface area contributed by atoms with Crippen LogP contribution in [0.3, 0.4) is 0 Å². The predicted molar refractivity (Wildman–Crippen MR) is 110 cm³/mol. The lowest BCUT2D eigenvalue weighted by molar-refractivity contribution is -0.177. The molecule has 0 radical (unpaired) electrons. The molecule has 1 fully saturated rings. The Morgan fingerprint density at radius 3 is 1.60 bits per heavy atom. The highest BCUT2D eigenvalue weighted by molar-refractivity contribution is 7.21. The molecule has 0 bridgehead atoms. The van der Waals surface area contributed by atoms with Crippen LogP contribution in [0.25, 0.3) is 0 Å². The van der Waals surface area contributed by atoms with Gasteiger partial charge in [0.25, 0.3) is 0 Å². The number of halogens is 4. The third-order valence-electron chi connectivity index (χ3n) is 4.90. The molecule has 1 rings (SSSR count). The summed E-state index contributed by atoms with van der Waals surface area (Å²) >= 11 is 6.50. The Morgan fingerprint density at radius 1 is 1.04 bits per heavy atom. The number of carbonyl (C=O) groups is 1.